The molecule has 6 heteroatoms. The van der Waals surface area contributed by atoms with Gasteiger partial charge in [0.05, 0.1) is 19.3 Å². The van der Waals surface area contributed by atoms with Crippen molar-refractivity contribution in [1.82, 2.24) is 5.32 Å². The smallest absolute Gasteiger partial charge is 0.407 e. The molecule has 3 N–H and O–H groups in total. The minimum atomic E-state index is -0.391. The molecule has 21 heavy (non-hydrogen) atoms. The van der Waals surface area contributed by atoms with Crippen LogP contribution in [-0.4, -0.2) is 38.4 Å². The number of nitrogen functional groups attached to an aromatic ring is 1. The van der Waals surface area contributed by atoms with Crippen molar-refractivity contribution >= 4 is 17.5 Å². The van der Waals surface area contributed by atoms with Gasteiger partial charge in [-0.1, -0.05) is 0 Å². The van der Waals surface area contributed by atoms with Crippen molar-refractivity contribution in [3.63, 3.8) is 0 Å². The number of nitrogens with zero attached hydrogens (tertiary/aromatic N) is 1. The molecule has 1 amide bonds. The molecule has 1 unspecified atom stereocenters. The Hall–Kier alpha value is -2.11. The summed E-state index contributed by atoms with van der Waals surface area (Å²) in [6, 6.07) is 5.82. The van der Waals surface area contributed by atoms with Crippen LogP contribution in [0.25, 0.3) is 0 Å². The standard InChI is InChI=1S/C15H23N3O3/c1-10(2)21-14-7-11(16)6-13(8-14)18-5-4-12(9-18)17-15(19)20-3/h6-8,10,12H,4-5,9,16H2,1-3H3,(H,17,19). The third-order valence-electron chi connectivity index (χ3n) is 3.35. The predicted octanol–water partition coefficient (Wildman–Crippen LogP) is 1.99. The van der Waals surface area contributed by atoms with Crippen LogP contribution in [0.5, 0.6) is 5.75 Å². The maximum absolute atomic E-state index is 11.2. The number of nitrogens with two attached hydrogens (primary N) is 1. The Labute approximate surface area is 125 Å². The first-order valence-electron chi connectivity index (χ1n) is 7.14. The Kier molecular flexibility index (Phi) is 4.77. The Balaban J connectivity index is 2.05. The normalized spacial score (nSPS) is 17.9. The average molecular weight is 293 g/mol. The third kappa shape index (κ3) is 4.18. The molecule has 6 nitrogen and oxygen atoms in total. The molecular weight excluding hydrogens is 270 g/mol. The van der Waals surface area contributed by atoms with E-state index in [1.807, 2.05) is 32.0 Å². The number of rotatable bonds is 4. The Morgan fingerprint density at radius 3 is 2.86 bits per heavy atom. The van der Waals surface area contributed by atoms with Crippen LogP contribution in [0, 0.1) is 0 Å². The number of carbonyl (C=O) groups is 1. The number of hydrogen-bond acceptors (Lipinski definition) is 5. The molecule has 0 bridgehead atoms. The SMILES string of the molecule is COC(=O)NC1CCN(c2cc(N)cc(OC(C)C)c2)C1. The van der Waals surface area contributed by atoms with E-state index < -0.39 is 6.09 Å². The van der Waals surface area contributed by atoms with E-state index in [1.165, 1.54) is 7.11 Å². The summed E-state index contributed by atoms with van der Waals surface area (Å²) in [7, 11) is 1.37. The Morgan fingerprint density at radius 1 is 1.43 bits per heavy atom. The molecule has 1 aliphatic heterocycles. The number of carbonyl (C=O) groups excluding carboxylic acids is 1. The first-order chi connectivity index (χ1) is 9.97. The van der Waals surface area contributed by atoms with Gasteiger partial charge in [0.2, 0.25) is 0 Å². The largest absolute Gasteiger partial charge is 0.491 e. The quantitative estimate of drug-likeness (QED) is 0.830. The van der Waals surface area contributed by atoms with Gasteiger partial charge in [0, 0.05) is 36.6 Å². The number of benzene rings is 1. The summed E-state index contributed by atoms with van der Waals surface area (Å²) in [5.41, 5.74) is 7.63. The first kappa shape index (κ1) is 15.3. The van der Waals surface area contributed by atoms with Gasteiger partial charge >= 0.3 is 6.09 Å². The van der Waals surface area contributed by atoms with Gasteiger partial charge in [-0.2, -0.15) is 0 Å². The van der Waals surface area contributed by atoms with Crippen LogP contribution in [0.3, 0.4) is 0 Å². The van der Waals surface area contributed by atoms with Crippen LogP contribution in [0.1, 0.15) is 20.3 Å². The van der Waals surface area contributed by atoms with Gasteiger partial charge in [0.15, 0.2) is 0 Å². The monoisotopic (exact) mass is 293 g/mol. The summed E-state index contributed by atoms with van der Waals surface area (Å²) in [4.78, 5) is 13.4. The summed E-state index contributed by atoms with van der Waals surface area (Å²) in [5, 5.41) is 2.82. The zero-order valence-corrected chi connectivity index (χ0v) is 12.8. The van der Waals surface area contributed by atoms with Gasteiger partial charge in [0.25, 0.3) is 0 Å². The molecule has 1 fully saturated rings. The molecule has 1 saturated heterocycles. The molecule has 0 spiro atoms. The Morgan fingerprint density at radius 2 is 2.19 bits per heavy atom. The lowest BCUT2D eigenvalue weighted by Crippen LogP contribution is -2.36. The lowest BCUT2D eigenvalue weighted by molar-refractivity contribution is 0.167. The highest BCUT2D eigenvalue weighted by atomic mass is 16.5. The summed E-state index contributed by atoms with van der Waals surface area (Å²) < 4.78 is 10.3. The van der Waals surface area contributed by atoms with E-state index >= 15 is 0 Å². The van der Waals surface area contributed by atoms with Gasteiger partial charge in [-0.3, -0.25) is 0 Å². The van der Waals surface area contributed by atoms with Crippen LogP contribution in [-0.2, 0) is 4.74 Å². The van der Waals surface area contributed by atoms with Gasteiger partial charge in [-0.15, -0.1) is 0 Å². The number of ether oxygens (including phenoxy) is 2. The van der Waals surface area contributed by atoms with E-state index in [1.54, 1.807) is 0 Å². The van der Waals surface area contributed by atoms with Crippen LogP contribution in [0.4, 0.5) is 16.2 Å². The van der Waals surface area contributed by atoms with Crippen molar-refractivity contribution in [2.24, 2.45) is 0 Å². The van der Waals surface area contributed by atoms with Crippen molar-refractivity contribution in [1.29, 1.82) is 0 Å². The summed E-state index contributed by atoms with van der Waals surface area (Å²) >= 11 is 0. The summed E-state index contributed by atoms with van der Waals surface area (Å²) in [5.74, 6) is 0.768. The number of hydrogen-bond donors (Lipinski definition) is 2. The van der Waals surface area contributed by atoms with Crippen molar-refractivity contribution in [3.05, 3.63) is 18.2 Å². The lowest BCUT2D eigenvalue weighted by atomic mass is 10.2. The van der Waals surface area contributed by atoms with Crippen LogP contribution < -0.4 is 20.7 Å². The summed E-state index contributed by atoms with van der Waals surface area (Å²) in [6.45, 7) is 5.56. The third-order valence-corrected chi connectivity index (χ3v) is 3.35. The average Bonchev–Trinajstić information content (AvgIpc) is 2.85. The number of nitrogens with one attached hydrogen (secondary N) is 1. The Bertz CT molecular complexity index is 505. The predicted molar refractivity (Wildman–Crippen MR) is 82.8 cm³/mol. The maximum Gasteiger partial charge on any atom is 0.407 e. The lowest BCUT2D eigenvalue weighted by Gasteiger charge is -2.21. The highest BCUT2D eigenvalue weighted by molar-refractivity contribution is 5.68. The second kappa shape index (κ2) is 6.56. The molecule has 1 aliphatic rings. The van der Waals surface area contributed by atoms with Crippen LogP contribution >= 0.6 is 0 Å². The number of alkyl carbamates (subject to hydrolysis) is 1. The molecule has 1 heterocycles. The van der Waals surface area contributed by atoms with Crippen molar-refractivity contribution in [3.8, 4) is 5.75 Å². The number of methoxy groups -OCH3 is 1. The molecule has 2 rings (SSSR count). The van der Waals surface area contributed by atoms with Crippen molar-refractivity contribution in [2.45, 2.75) is 32.4 Å². The van der Waals surface area contributed by atoms with Gasteiger partial charge < -0.3 is 25.4 Å². The minimum Gasteiger partial charge on any atom is -0.491 e. The van der Waals surface area contributed by atoms with E-state index in [2.05, 4.69) is 15.0 Å². The molecule has 0 radical (unpaired) electrons. The maximum atomic E-state index is 11.2. The van der Waals surface area contributed by atoms with E-state index in [0.29, 0.717) is 5.69 Å². The van der Waals surface area contributed by atoms with Gasteiger partial charge in [-0.25, -0.2) is 4.79 Å². The fourth-order valence-corrected chi connectivity index (χ4v) is 2.47. The molecular formula is C15H23N3O3. The molecule has 0 saturated carbocycles. The van der Waals surface area contributed by atoms with Crippen molar-refractivity contribution < 1.29 is 14.3 Å². The minimum absolute atomic E-state index is 0.0911. The van der Waals surface area contributed by atoms with Crippen molar-refractivity contribution in [2.75, 3.05) is 30.8 Å². The molecule has 1 aromatic rings. The zero-order valence-electron chi connectivity index (χ0n) is 12.8. The molecule has 1 aromatic carbocycles. The molecule has 1 atom stereocenters. The van der Waals surface area contributed by atoms with Gasteiger partial charge in [0.1, 0.15) is 5.75 Å². The molecule has 0 aliphatic carbocycles. The topological polar surface area (TPSA) is 76.8 Å². The zero-order chi connectivity index (χ0) is 15.4. The second-order valence-corrected chi connectivity index (χ2v) is 5.49. The summed E-state index contributed by atoms with van der Waals surface area (Å²) in [6.07, 6.45) is 0.592. The number of anilines is 2. The van der Waals surface area contributed by atoms with E-state index in [4.69, 9.17) is 10.5 Å². The first-order valence-corrected chi connectivity index (χ1v) is 7.14. The molecule has 0 aromatic heterocycles. The number of amides is 1. The van der Waals surface area contributed by atoms with Crippen LogP contribution in [0.15, 0.2) is 18.2 Å². The second-order valence-electron chi connectivity index (χ2n) is 5.49. The fraction of sp³-hybridized carbons (Fsp3) is 0.533. The van der Waals surface area contributed by atoms with Gasteiger partial charge in [-0.05, 0) is 26.3 Å². The molecule has 116 valence electrons. The van der Waals surface area contributed by atoms with E-state index in [-0.39, 0.29) is 12.1 Å². The highest BCUT2D eigenvalue weighted by Gasteiger charge is 2.24. The van der Waals surface area contributed by atoms with E-state index in [0.717, 1.165) is 30.9 Å². The fourth-order valence-electron chi connectivity index (χ4n) is 2.47. The van der Waals surface area contributed by atoms with Crippen LogP contribution in [0.2, 0.25) is 0 Å². The highest BCUT2D eigenvalue weighted by Crippen LogP contribution is 2.28. The van der Waals surface area contributed by atoms with E-state index in [9.17, 15) is 4.79 Å².